The van der Waals surface area contributed by atoms with Crippen molar-refractivity contribution in [2.24, 2.45) is 0 Å². The second-order valence-electron chi connectivity index (χ2n) is 5.18. The molecule has 5 nitrogen and oxygen atoms in total. The summed E-state index contributed by atoms with van der Waals surface area (Å²) in [6.45, 7) is 1.24. The van der Waals surface area contributed by atoms with Crippen molar-refractivity contribution < 1.29 is 9.53 Å². The lowest BCUT2D eigenvalue weighted by Gasteiger charge is -2.08. The van der Waals surface area contributed by atoms with Crippen molar-refractivity contribution in [3.05, 3.63) is 51.6 Å². The monoisotopic (exact) mass is 345 g/mol. The maximum Gasteiger partial charge on any atom is 0.276 e. The summed E-state index contributed by atoms with van der Waals surface area (Å²) in [7, 11) is 0. The Labute approximate surface area is 141 Å². The van der Waals surface area contributed by atoms with Crippen LogP contribution in [0.1, 0.15) is 21.1 Å². The van der Waals surface area contributed by atoms with Gasteiger partial charge in [0.25, 0.3) is 5.91 Å². The minimum atomic E-state index is -0.279. The van der Waals surface area contributed by atoms with Crippen molar-refractivity contribution in [1.82, 2.24) is 9.97 Å². The molecule has 23 heavy (non-hydrogen) atoms. The molecule has 3 aromatic rings. The minimum absolute atomic E-state index is 0.279. The molecule has 0 atom stereocenters. The van der Waals surface area contributed by atoms with E-state index in [2.05, 4.69) is 15.3 Å². The molecule has 0 unspecified atom stereocenters. The van der Waals surface area contributed by atoms with E-state index in [4.69, 9.17) is 16.3 Å². The lowest BCUT2D eigenvalue weighted by Crippen LogP contribution is -2.13. The van der Waals surface area contributed by atoms with Crippen molar-refractivity contribution >= 4 is 44.9 Å². The van der Waals surface area contributed by atoms with E-state index >= 15 is 0 Å². The Bertz CT molecular complexity index is 886. The molecular weight excluding hydrogens is 334 g/mol. The fourth-order valence-corrected chi connectivity index (χ4v) is 3.56. The molecule has 0 radical (unpaired) electrons. The van der Waals surface area contributed by atoms with Crippen LogP contribution in [0.5, 0.6) is 0 Å². The number of anilines is 1. The van der Waals surface area contributed by atoms with E-state index in [0.29, 0.717) is 34.6 Å². The number of pyridine rings is 1. The van der Waals surface area contributed by atoms with Crippen LogP contribution < -0.4 is 5.32 Å². The van der Waals surface area contributed by atoms with Crippen molar-refractivity contribution in [2.45, 2.75) is 13.0 Å². The molecule has 0 saturated heterocycles. The number of carbonyl (C=O) groups excluding carboxylic acids is 1. The molecule has 0 spiro atoms. The molecule has 1 aliphatic rings. The largest absolute Gasteiger partial charge is 0.375 e. The van der Waals surface area contributed by atoms with Crippen LogP contribution in [0.25, 0.3) is 10.9 Å². The van der Waals surface area contributed by atoms with Crippen LogP contribution in [-0.2, 0) is 17.8 Å². The summed E-state index contributed by atoms with van der Waals surface area (Å²) < 4.78 is 5.39. The molecule has 0 aliphatic carbocycles. The van der Waals surface area contributed by atoms with E-state index in [1.807, 2.05) is 12.1 Å². The van der Waals surface area contributed by atoms with Gasteiger partial charge in [-0.1, -0.05) is 35.1 Å². The van der Waals surface area contributed by atoms with Gasteiger partial charge in [0, 0.05) is 16.8 Å². The first-order valence-electron chi connectivity index (χ1n) is 7.13. The predicted octanol–water partition coefficient (Wildman–Crippen LogP) is 3.67. The maximum absolute atomic E-state index is 12.4. The highest BCUT2D eigenvalue weighted by atomic mass is 35.5. The van der Waals surface area contributed by atoms with Crippen LogP contribution in [0.4, 0.5) is 5.13 Å². The molecule has 2 aromatic heterocycles. The first-order valence-corrected chi connectivity index (χ1v) is 8.32. The number of benzene rings is 1. The first kappa shape index (κ1) is 14.6. The molecule has 0 saturated carbocycles. The van der Waals surface area contributed by atoms with Crippen molar-refractivity contribution in [3.8, 4) is 0 Å². The van der Waals surface area contributed by atoms with Gasteiger partial charge in [-0.3, -0.25) is 10.1 Å². The van der Waals surface area contributed by atoms with Gasteiger partial charge in [0.1, 0.15) is 5.69 Å². The van der Waals surface area contributed by atoms with Crippen LogP contribution in [-0.4, -0.2) is 22.5 Å². The van der Waals surface area contributed by atoms with Gasteiger partial charge in [-0.15, -0.1) is 0 Å². The van der Waals surface area contributed by atoms with Crippen LogP contribution in [0, 0.1) is 0 Å². The third-order valence-corrected chi connectivity index (χ3v) is 4.82. The number of amides is 1. The summed E-state index contributed by atoms with van der Waals surface area (Å²) in [5.74, 6) is -0.279. The number of hydrogen-bond acceptors (Lipinski definition) is 5. The molecule has 1 aliphatic heterocycles. The third-order valence-electron chi connectivity index (χ3n) is 3.60. The molecule has 0 bridgehead atoms. The van der Waals surface area contributed by atoms with E-state index in [9.17, 15) is 4.79 Å². The minimum Gasteiger partial charge on any atom is -0.375 e. The SMILES string of the molecule is O=C(Nc1nc2c(s1)COCC2)c1ccc2ccc(Cl)cc2n1. The Hall–Kier alpha value is -2.02. The van der Waals surface area contributed by atoms with Crippen LogP contribution >= 0.6 is 22.9 Å². The Morgan fingerprint density at radius 1 is 1.26 bits per heavy atom. The molecule has 0 fully saturated rings. The highest BCUT2D eigenvalue weighted by Gasteiger charge is 2.17. The summed E-state index contributed by atoms with van der Waals surface area (Å²) in [5.41, 5.74) is 2.04. The highest BCUT2D eigenvalue weighted by Crippen LogP contribution is 2.27. The van der Waals surface area contributed by atoms with Gasteiger partial charge in [-0.05, 0) is 18.2 Å². The van der Waals surface area contributed by atoms with Gasteiger partial charge in [-0.2, -0.15) is 0 Å². The highest BCUT2D eigenvalue weighted by molar-refractivity contribution is 7.15. The van der Waals surface area contributed by atoms with E-state index in [1.54, 1.807) is 18.2 Å². The van der Waals surface area contributed by atoms with Crippen LogP contribution in [0.15, 0.2) is 30.3 Å². The summed E-state index contributed by atoms with van der Waals surface area (Å²) in [6, 6.07) is 8.97. The van der Waals surface area contributed by atoms with Gasteiger partial charge in [-0.25, -0.2) is 9.97 Å². The lowest BCUT2D eigenvalue weighted by atomic mass is 10.2. The average Bonchev–Trinajstić information content (AvgIpc) is 2.96. The number of rotatable bonds is 2. The van der Waals surface area contributed by atoms with Gasteiger partial charge >= 0.3 is 0 Å². The number of aromatic nitrogens is 2. The predicted molar refractivity (Wildman–Crippen MR) is 90.2 cm³/mol. The number of carbonyl (C=O) groups is 1. The number of halogens is 1. The zero-order valence-electron chi connectivity index (χ0n) is 12.0. The van der Waals surface area contributed by atoms with Crippen molar-refractivity contribution in [1.29, 1.82) is 0 Å². The molecule has 4 rings (SSSR count). The standard InChI is InChI=1S/C16H12ClN3O2S/c17-10-3-1-9-2-4-12(18-13(9)7-10)15(21)20-16-19-11-5-6-22-8-14(11)23-16/h1-4,7H,5-6,8H2,(H,19,20,21). The van der Waals surface area contributed by atoms with Gasteiger partial charge < -0.3 is 4.74 Å². The quantitative estimate of drug-likeness (QED) is 0.769. The Kier molecular flexibility index (Phi) is 3.72. The van der Waals surface area contributed by atoms with Crippen molar-refractivity contribution in [3.63, 3.8) is 0 Å². The normalized spacial score (nSPS) is 13.8. The third kappa shape index (κ3) is 2.93. The lowest BCUT2D eigenvalue weighted by molar-refractivity contribution is 0.102. The zero-order valence-corrected chi connectivity index (χ0v) is 13.6. The number of nitrogens with zero attached hydrogens (tertiary/aromatic N) is 2. The Balaban J connectivity index is 1.60. The molecule has 3 heterocycles. The van der Waals surface area contributed by atoms with Gasteiger partial charge in [0.05, 0.1) is 29.3 Å². The number of hydrogen-bond donors (Lipinski definition) is 1. The topological polar surface area (TPSA) is 64.1 Å². The smallest absolute Gasteiger partial charge is 0.276 e. The van der Waals surface area contributed by atoms with E-state index in [0.717, 1.165) is 22.4 Å². The molecule has 1 amide bonds. The van der Waals surface area contributed by atoms with E-state index < -0.39 is 0 Å². The fourth-order valence-electron chi connectivity index (χ4n) is 2.46. The molecule has 7 heteroatoms. The molecule has 1 aromatic carbocycles. The number of nitrogens with one attached hydrogen (secondary N) is 1. The molecule has 1 N–H and O–H groups in total. The molecule has 116 valence electrons. The van der Waals surface area contributed by atoms with E-state index in [1.165, 1.54) is 11.3 Å². The summed E-state index contributed by atoms with van der Waals surface area (Å²) >= 11 is 7.43. The zero-order chi connectivity index (χ0) is 15.8. The number of thiazole rings is 1. The number of ether oxygens (including phenoxy) is 1. The first-order chi connectivity index (χ1) is 11.2. The second-order valence-corrected chi connectivity index (χ2v) is 6.70. The van der Waals surface area contributed by atoms with Crippen LogP contribution in [0.2, 0.25) is 5.02 Å². The van der Waals surface area contributed by atoms with Gasteiger partial charge in [0.2, 0.25) is 0 Å². The Morgan fingerprint density at radius 3 is 3.00 bits per heavy atom. The maximum atomic E-state index is 12.4. The summed E-state index contributed by atoms with van der Waals surface area (Å²) in [4.78, 5) is 22.3. The average molecular weight is 346 g/mol. The second kappa shape index (κ2) is 5.88. The molecular formula is C16H12ClN3O2S. The van der Waals surface area contributed by atoms with E-state index in [-0.39, 0.29) is 5.91 Å². The summed E-state index contributed by atoms with van der Waals surface area (Å²) in [6.07, 6.45) is 0.786. The van der Waals surface area contributed by atoms with Crippen LogP contribution in [0.3, 0.4) is 0 Å². The van der Waals surface area contributed by atoms with Crippen molar-refractivity contribution in [2.75, 3.05) is 11.9 Å². The summed E-state index contributed by atoms with van der Waals surface area (Å²) in [5, 5.41) is 4.92. The Morgan fingerprint density at radius 2 is 2.13 bits per heavy atom. The van der Waals surface area contributed by atoms with Gasteiger partial charge in [0.15, 0.2) is 5.13 Å². The number of fused-ring (bicyclic) bond motifs is 2. The fraction of sp³-hybridized carbons (Fsp3) is 0.188.